The third kappa shape index (κ3) is 5.80. The zero-order chi connectivity index (χ0) is 19.3. The van der Waals surface area contributed by atoms with Crippen LogP contribution in [-0.4, -0.2) is 33.7 Å². The smallest absolute Gasteiger partial charge is 0.224 e. The van der Waals surface area contributed by atoms with E-state index in [-0.39, 0.29) is 10.8 Å². The second-order valence-electron chi connectivity index (χ2n) is 6.82. The molecule has 0 aromatic heterocycles. The van der Waals surface area contributed by atoms with Crippen molar-refractivity contribution in [2.75, 3.05) is 24.7 Å². The second kappa shape index (κ2) is 8.54. The molecule has 1 atom stereocenters. The molecule has 2 aromatic carbocycles. The van der Waals surface area contributed by atoms with Gasteiger partial charge in [0, 0.05) is 18.4 Å². The number of ether oxygens (including phenoxy) is 1. The monoisotopic (exact) mass is 388 g/mol. The summed E-state index contributed by atoms with van der Waals surface area (Å²) in [5, 5.41) is 6.21. The van der Waals surface area contributed by atoms with Crippen LogP contribution in [0.25, 0.3) is 0 Å². The van der Waals surface area contributed by atoms with Gasteiger partial charge in [0.15, 0.2) is 9.84 Å². The molecule has 2 aromatic rings. The van der Waals surface area contributed by atoms with Crippen LogP contribution in [0, 0.1) is 5.92 Å². The van der Waals surface area contributed by atoms with Gasteiger partial charge in [0.05, 0.1) is 4.90 Å². The Labute approximate surface area is 159 Å². The fourth-order valence-electron chi connectivity index (χ4n) is 3.02. The van der Waals surface area contributed by atoms with E-state index in [1.54, 1.807) is 36.4 Å². The third-order valence-corrected chi connectivity index (χ3v) is 5.70. The number of anilines is 1. The van der Waals surface area contributed by atoms with Gasteiger partial charge in [-0.25, -0.2) is 8.42 Å². The van der Waals surface area contributed by atoms with Gasteiger partial charge in [-0.3, -0.25) is 4.79 Å². The molecule has 7 heteroatoms. The van der Waals surface area contributed by atoms with Gasteiger partial charge in [0.2, 0.25) is 5.91 Å². The molecule has 144 valence electrons. The molecule has 0 bridgehead atoms. The Balaban J connectivity index is 1.51. The maximum Gasteiger partial charge on any atom is 0.224 e. The highest BCUT2D eigenvalue weighted by Crippen LogP contribution is 2.24. The number of hydrogen-bond donors (Lipinski definition) is 2. The van der Waals surface area contributed by atoms with Crippen molar-refractivity contribution in [2.45, 2.75) is 24.2 Å². The molecule has 3 rings (SSSR count). The number of nitrogens with one attached hydrogen (secondary N) is 2. The molecule has 2 N–H and O–H groups in total. The lowest BCUT2D eigenvalue weighted by atomic mass is 10.0. The molecular weight excluding hydrogens is 364 g/mol. The summed E-state index contributed by atoms with van der Waals surface area (Å²) < 4.78 is 28.6. The molecule has 1 saturated heterocycles. The first-order chi connectivity index (χ1) is 12.9. The van der Waals surface area contributed by atoms with Crippen LogP contribution in [0.1, 0.15) is 19.3 Å². The Morgan fingerprint density at radius 3 is 2.30 bits per heavy atom. The summed E-state index contributed by atoms with van der Waals surface area (Å²) in [6.07, 6.45) is 3.74. The van der Waals surface area contributed by atoms with Crippen molar-refractivity contribution in [1.82, 2.24) is 5.32 Å². The van der Waals surface area contributed by atoms with Crippen molar-refractivity contribution in [3.05, 3.63) is 48.5 Å². The molecule has 0 radical (unpaired) electrons. The third-order valence-electron chi connectivity index (χ3n) is 4.57. The summed E-state index contributed by atoms with van der Waals surface area (Å²) in [6, 6.07) is 13.4. The van der Waals surface area contributed by atoms with Gasteiger partial charge in [-0.2, -0.15) is 0 Å². The van der Waals surface area contributed by atoms with Gasteiger partial charge < -0.3 is 15.4 Å². The Morgan fingerprint density at radius 1 is 1.11 bits per heavy atom. The Morgan fingerprint density at radius 2 is 1.74 bits per heavy atom. The predicted octanol–water partition coefficient (Wildman–Crippen LogP) is 3.21. The lowest BCUT2D eigenvalue weighted by Gasteiger charge is -2.10. The zero-order valence-electron chi connectivity index (χ0n) is 15.3. The molecule has 1 aliphatic heterocycles. The first kappa shape index (κ1) is 19.4. The molecule has 0 saturated carbocycles. The lowest BCUT2D eigenvalue weighted by molar-refractivity contribution is -0.116. The number of amides is 1. The van der Waals surface area contributed by atoms with Crippen LogP contribution in [0.15, 0.2) is 53.4 Å². The summed E-state index contributed by atoms with van der Waals surface area (Å²) in [5.74, 6) is 1.77. The molecule has 6 nitrogen and oxygen atoms in total. The predicted molar refractivity (Wildman–Crippen MR) is 105 cm³/mol. The van der Waals surface area contributed by atoms with Gasteiger partial charge >= 0.3 is 0 Å². The van der Waals surface area contributed by atoms with Gasteiger partial charge in [-0.15, -0.1) is 0 Å². The van der Waals surface area contributed by atoms with E-state index < -0.39 is 9.84 Å². The van der Waals surface area contributed by atoms with Gasteiger partial charge in [-0.05, 0) is 80.4 Å². The highest BCUT2D eigenvalue weighted by Gasteiger charge is 2.15. The number of carbonyl (C=O) groups excluding carboxylic acids is 1. The van der Waals surface area contributed by atoms with E-state index in [0.717, 1.165) is 31.6 Å². The first-order valence-corrected chi connectivity index (χ1v) is 10.9. The van der Waals surface area contributed by atoms with Crippen molar-refractivity contribution < 1.29 is 17.9 Å². The molecular formula is C20H24N2O4S. The van der Waals surface area contributed by atoms with Gasteiger partial charge in [0.1, 0.15) is 11.5 Å². The number of carbonyl (C=O) groups is 1. The Hall–Kier alpha value is -2.38. The van der Waals surface area contributed by atoms with E-state index in [4.69, 9.17) is 4.74 Å². The van der Waals surface area contributed by atoms with Crippen LogP contribution in [0.2, 0.25) is 0 Å². The van der Waals surface area contributed by atoms with E-state index in [1.807, 2.05) is 0 Å². The van der Waals surface area contributed by atoms with Crippen molar-refractivity contribution in [3.8, 4) is 11.5 Å². The fourth-order valence-corrected chi connectivity index (χ4v) is 3.65. The van der Waals surface area contributed by atoms with E-state index in [9.17, 15) is 13.2 Å². The molecule has 1 heterocycles. The molecule has 1 amide bonds. The van der Waals surface area contributed by atoms with Crippen LogP contribution in [0.4, 0.5) is 5.69 Å². The molecule has 1 unspecified atom stereocenters. The standard InChI is InChI=1S/C20H24N2O4S/c1-27(24,25)19-9-7-18(8-10-19)26-17-5-3-16(4-6-17)22-20(23)11-2-15-12-13-21-14-15/h3-10,15,21H,2,11-14H2,1H3,(H,22,23). The van der Waals surface area contributed by atoms with Gasteiger partial charge in [0.25, 0.3) is 0 Å². The zero-order valence-corrected chi connectivity index (χ0v) is 16.1. The van der Waals surface area contributed by atoms with E-state index in [2.05, 4.69) is 10.6 Å². The van der Waals surface area contributed by atoms with Gasteiger partial charge in [-0.1, -0.05) is 0 Å². The molecule has 1 aliphatic rings. The number of hydrogen-bond acceptors (Lipinski definition) is 5. The van der Waals surface area contributed by atoms with Crippen LogP contribution in [0.5, 0.6) is 11.5 Å². The Bertz CT molecular complexity index is 871. The topological polar surface area (TPSA) is 84.5 Å². The first-order valence-electron chi connectivity index (χ1n) is 8.99. The highest BCUT2D eigenvalue weighted by molar-refractivity contribution is 7.90. The largest absolute Gasteiger partial charge is 0.457 e. The van der Waals surface area contributed by atoms with E-state index in [1.165, 1.54) is 18.4 Å². The average Bonchev–Trinajstić information content (AvgIpc) is 3.15. The maximum absolute atomic E-state index is 12.0. The lowest BCUT2D eigenvalue weighted by Crippen LogP contribution is -2.14. The van der Waals surface area contributed by atoms with Crippen LogP contribution in [-0.2, 0) is 14.6 Å². The maximum atomic E-state index is 12.0. The van der Waals surface area contributed by atoms with E-state index in [0.29, 0.717) is 23.8 Å². The number of benzene rings is 2. The number of sulfone groups is 1. The van der Waals surface area contributed by atoms with Crippen LogP contribution < -0.4 is 15.4 Å². The summed E-state index contributed by atoms with van der Waals surface area (Å²) >= 11 is 0. The molecule has 0 spiro atoms. The van der Waals surface area contributed by atoms with Crippen molar-refractivity contribution in [1.29, 1.82) is 0 Å². The summed E-state index contributed by atoms with van der Waals surface area (Å²) in [7, 11) is -3.22. The quantitative estimate of drug-likeness (QED) is 0.761. The SMILES string of the molecule is CS(=O)(=O)c1ccc(Oc2ccc(NC(=O)CCC3CCNC3)cc2)cc1. The minimum absolute atomic E-state index is 0.0203. The molecule has 27 heavy (non-hydrogen) atoms. The second-order valence-corrected chi connectivity index (χ2v) is 8.83. The highest BCUT2D eigenvalue weighted by atomic mass is 32.2. The molecule has 0 aliphatic carbocycles. The van der Waals surface area contributed by atoms with Crippen LogP contribution >= 0.6 is 0 Å². The van der Waals surface area contributed by atoms with Crippen molar-refractivity contribution in [2.24, 2.45) is 5.92 Å². The van der Waals surface area contributed by atoms with Crippen molar-refractivity contribution in [3.63, 3.8) is 0 Å². The minimum Gasteiger partial charge on any atom is -0.457 e. The molecule has 1 fully saturated rings. The summed E-state index contributed by atoms with van der Waals surface area (Å²) in [4.78, 5) is 12.3. The van der Waals surface area contributed by atoms with Crippen molar-refractivity contribution >= 4 is 21.4 Å². The Kier molecular flexibility index (Phi) is 6.13. The fraction of sp³-hybridized carbons (Fsp3) is 0.350. The van der Waals surface area contributed by atoms with E-state index >= 15 is 0 Å². The number of rotatable bonds is 7. The summed E-state index contributed by atoms with van der Waals surface area (Å²) in [6.45, 7) is 2.05. The van der Waals surface area contributed by atoms with Crippen LogP contribution in [0.3, 0.4) is 0 Å². The summed E-state index contributed by atoms with van der Waals surface area (Å²) in [5.41, 5.74) is 0.726. The minimum atomic E-state index is -3.22. The average molecular weight is 388 g/mol. The normalized spacial score (nSPS) is 16.9.